The third kappa shape index (κ3) is 1.79. The average Bonchev–Trinajstić information content (AvgIpc) is 2.62. The molecule has 0 aliphatic carbocycles. The van der Waals surface area contributed by atoms with E-state index in [1.807, 2.05) is 48.0 Å². The number of hydrogen-bond donors (Lipinski definition) is 1. The van der Waals surface area contributed by atoms with E-state index >= 15 is 0 Å². The summed E-state index contributed by atoms with van der Waals surface area (Å²) in [5, 5.41) is 0. The third-order valence-corrected chi connectivity index (χ3v) is 3.09. The highest BCUT2D eigenvalue weighted by atomic mass is 127. The van der Waals surface area contributed by atoms with E-state index in [0.717, 1.165) is 23.4 Å². The predicted octanol–water partition coefficient (Wildman–Crippen LogP) is 2.44. The van der Waals surface area contributed by atoms with E-state index < -0.39 is 0 Å². The van der Waals surface area contributed by atoms with Crippen LogP contribution in [0.1, 0.15) is 23.1 Å². The van der Waals surface area contributed by atoms with Gasteiger partial charge in [0, 0.05) is 12.1 Å². The molecule has 2 rings (SSSR count). The highest BCUT2D eigenvalue weighted by molar-refractivity contribution is 14.1. The molecule has 0 atom stereocenters. The Morgan fingerprint density at radius 3 is 2.94 bits per heavy atom. The number of nitrogens with zero attached hydrogens (tertiary/aromatic N) is 2. The van der Waals surface area contributed by atoms with Gasteiger partial charge in [-0.3, -0.25) is 8.32 Å². The first-order chi connectivity index (χ1) is 7.67. The van der Waals surface area contributed by atoms with Crippen LogP contribution in [0.4, 0.5) is 0 Å². The summed E-state index contributed by atoms with van der Waals surface area (Å²) in [5.74, 6) is 0.885. The van der Waals surface area contributed by atoms with E-state index in [0.29, 0.717) is 5.56 Å². The summed E-state index contributed by atoms with van der Waals surface area (Å²) >= 11 is 1.83. The lowest BCUT2D eigenvalue weighted by molar-refractivity contribution is 0.0990. The number of rotatable bonds is 2. The Labute approximate surface area is 108 Å². The standard InChI is InChI=1S/C11H12IN3O/c1-3-15-7(2)13-9-6-8(11(16)14-12)4-5-10(9)15/h4-6H,3H2,1-2H3,(H,14,16). The maximum Gasteiger partial charge on any atom is 0.259 e. The molecule has 1 aromatic carbocycles. The molecule has 0 saturated heterocycles. The molecule has 16 heavy (non-hydrogen) atoms. The van der Waals surface area contributed by atoms with Crippen molar-refractivity contribution >= 4 is 39.8 Å². The number of carbonyl (C=O) groups excluding carboxylic acids is 1. The molecule has 1 aromatic heterocycles. The number of aryl methyl sites for hydroxylation is 2. The molecule has 0 bridgehead atoms. The first kappa shape index (κ1) is 11.4. The quantitative estimate of drug-likeness (QED) is 0.680. The number of amides is 1. The van der Waals surface area contributed by atoms with Crippen molar-refractivity contribution in [1.29, 1.82) is 0 Å². The van der Waals surface area contributed by atoms with Crippen LogP contribution in [-0.4, -0.2) is 15.5 Å². The van der Waals surface area contributed by atoms with Crippen LogP contribution < -0.4 is 3.53 Å². The van der Waals surface area contributed by atoms with Gasteiger partial charge in [-0.15, -0.1) is 0 Å². The molecule has 0 unspecified atom stereocenters. The van der Waals surface area contributed by atoms with Gasteiger partial charge in [0.15, 0.2) is 0 Å². The van der Waals surface area contributed by atoms with Crippen LogP contribution in [0.3, 0.4) is 0 Å². The number of carbonyl (C=O) groups is 1. The highest BCUT2D eigenvalue weighted by Crippen LogP contribution is 2.17. The maximum absolute atomic E-state index is 11.5. The molecule has 1 amide bonds. The van der Waals surface area contributed by atoms with Gasteiger partial charge in [0.25, 0.3) is 5.91 Å². The molecule has 0 fully saturated rings. The Morgan fingerprint density at radius 2 is 2.31 bits per heavy atom. The second-order valence-corrected chi connectivity index (χ2v) is 4.07. The number of fused-ring (bicyclic) bond motifs is 1. The lowest BCUT2D eigenvalue weighted by Gasteiger charge is -2.02. The minimum absolute atomic E-state index is 0.0915. The lowest BCUT2D eigenvalue weighted by Crippen LogP contribution is -2.11. The van der Waals surface area contributed by atoms with E-state index in [1.165, 1.54) is 0 Å². The van der Waals surface area contributed by atoms with Crippen molar-refractivity contribution in [2.24, 2.45) is 0 Å². The molecule has 0 aliphatic rings. The van der Waals surface area contributed by atoms with Crippen molar-refractivity contribution in [2.45, 2.75) is 20.4 Å². The Hall–Kier alpha value is -1.11. The molecule has 1 heterocycles. The zero-order chi connectivity index (χ0) is 11.7. The lowest BCUT2D eigenvalue weighted by atomic mass is 10.2. The van der Waals surface area contributed by atoms with Crippen LogP contribution in [0.15, 0.2) is 18.2 Å². The number of nitrogens with one attached hydrogen (secondary N) is 1. The van der Waals surface area contributed by atoms with Crippen molar-refractivity contribution < 1.29 is 4.79 Å². The molecule has 0 saturated carbocycles. The first-order valence-corrected chi connectivity index (χ1v) is 6.13. The molecule has 84 valence electrons. The van der Waals surface area contributed by atoms with Crippen molar-refractivity contribution in [3.63, 3.8) is 0 Å². The zero-order valence-electron chi connectivity index (χ0n) is 9.12. The fourth-order valence-electron chi connectivity index (χ4n) is 1.85. The van der Waals surface area contributed by atoms with Gasteiger partial charge in [0.1, 0.15) is 5.82 Å². The molecule has 2 aromatic rings. The van der Waals surface area contributed by atoms with Gasteiger partial charge >= 0.3 is 0 Å². The van der Waals surface area contributed by atoms with Crippen molar-refractivity contribution in [3.8, 4) is 0 Å². The van der Waals surface area contributed by atoms with Gasteiger partial charge in [0.2, 0.25) is 0 Å². The van der Waals surface area contributed by atoms with Crippen molar-refractivity contribution in [3.05, 3.63) is 29.6 Å². The van der Waals surface area contributed by atoms with Gasteiger partial charge in [-0.25, -0.2) is 4.98 Å². The van der Waals surface area contributed by atoms with Gasteiger partial charge in [0.05, 0.1) is 33.9 Å². The molecule has 0 radical (unpaired) electrons. The maximum atomic E-state index is 11.5. The summed E-state index contributed by atoms with van der Waals surface area (Å²) in [6.07, 6.45) is 0. The van der Waals surface area contributed by atoms with Crippen molar-refractivity contribution in [2.75, 3.05) is 0 Å². The smallest absolute Gasteiger partial charge is 0.259 e. The summed E-state index contributed by atoms with van der Waals surface area (Å²) in [7, 11) is 0. The monoisotopic (exact) mass is 329 g/mol. The van der Waals surface area contributed by atoms with Crippen LogP contribution in [0.2, 0.25) is 0 Å². The predicted molar refractivity (Wildman–Crippen MR) is 71.6 cm³/mol. The summed E-state index contributed by atoms with van der Waals surface area (Å²) in [4.78, 5) is 15.9. The summed E-state index contributed by atoms with van der Waals surface area (Å²) in [6, 6.07) is 5.59. The number of imidazole rings is 1. The Balaban J connectivity index is 2.60. The molecule has 4 nitrogen and oxygen atoms in total. The largest absolute Gasteiger partial charge is 0.329 e. The summed E-state index contributed by atoms with van der Waals surface area (Å²) in [6.45, 7) is 4.95. The van der Waals surface area contributed by atoms with Crippen LogP contribution in [0.25, 0.3) is 11.0 Å². The Kier molecular flexibility index (Phi) is 3.13. The fraction of sp³-hybridized carbons (Fsp3) is 0.273. The molecule has 1 N–H and O–H groups in total. The van der Waals surface area contributed by atoms with Crippen LogP contribution in [-0.2, 0) is 6.54 Å². The molecule has 5 heteroatoms. The normalized spacial score (nSPS) is 10.7. The average molecular weight is 329 g/mol. The highest BCUT2D eigenvalue weighted by Gasteiger charge is 2.09. The molecular weight excluding hydrogens is 317 g/mol. The van der Waals surface area contributed by atoms with Crippen molar-refractivity contribution in [1.82, 2.24) is 13.1 Å². The Morgan fingerprint density at radius 1 is 1.56 bits per heavy atom. The number of hydrogen-bond acceptors (Lipinski definition) is 2. The SMILES string of the molecule is CCn1c(C)nc2cc(C(=O)NI)ccc21. The number of benzene rings is 1. The zero-order valence-corrected chi connectivity index (χ0v) is 11.3. The summed E-state index contributed by atoms with van der Waals surface area (Å²) < 4.78 is 4.70. The summed E-state index contributed by atoms with van der Waals surface area (Å²) in [5.41, 5.74) is 2.59. The topological polar surface area (TPSA) is 46.9 Å². The fourth-order valence-corrected chi connectivity index (χ4v) is 2.16. The van der Waals surface area contributed by atoms with Gasteiger partial charge in [-0.2, -0.15) is 0 Å². The molecule has 0 aliphatic heterocycles. The van der Waals surface area contributed by atoms with Gasteiger partial charge in [-0.1, -0.05) is 0 Å². The van der Waals surface area contributed by atoms with E-state index in [4.69, 9.17) is 0 Å². The second-order valence-electron chi connectivity index (χ2n) is 3.53. The van der Waals surface area contributed by atoms with Crippen LogP contribution in [0, 0.1) is 6.92 Å². The minimum atomic E-state index is -0.0915. The van der Waals surface area contributed by atoms with E-state index in [2.05, 4.69) is 20.0 Å². The second kappa shape index (κ2) is 4.40. The van der Waals surface area contributed by atoms with Crippen LogP contribution >= 0.6 is 22.9 Å². The third-order valence-electron chi connectivity index (χ3n) is 2.60. The van der Waals surface area contributed by atoms with E-state index in [1.54, 1.807) is 0 Å². The first-order valence-electron chi connectivity index (χ1n) is 5.05. The number of halogens is 1. The van der Waals surface area contributed by atoms with Gasteiger partial charge in [-0.05, 0) is 32.0 Å². The number of aromatic nitrogens is 2. The minimum Gasteiger partial charge on any atom is -0.329 e. The van der Waals surface area contributed by atoms with Crippen LogP contribution in [0.5, 0.6) is 0 Å². The molecule has 0 spiro atoms. The molecular formula is C11H12IN3O. The van der Waals surface area contributed by atoms with E-state index in [-0.39, 0.29) is 5.91 Å². The Bertz CT molecular complexity index is 547. The van der Waals surface area contributed by atoms with E-state index in [9.17, 15) is 4.79 Å². The van der Waals surface area contributed by atoms with Gasteiger partial charge < -0.3 is 4.57 Å².